The maximum absolute atomic E-state index is 12.6. The number of rotatable bonds is 4. The van der Waals surface area contributed by atoms with Crippen LogP contribution in [0, 0.1) is 6.92 Å². The van der Waals surface area contributed by atoms with Crippen molar-refractivity contribution in [1.82, 2.24) is 4.98 Å². The van der Waals surface area contributed by atoms with Gasteiger partial charge in [-0.3, -0.25) is 4.79 Å². The van der Waals surface area contributed by atoms with Crippen LogP contribution in [-0.4, -0.2) is 16.9 Å². The van der Waals surface area contributed by atoms with Crippen LogP contribution in [0.2, 0.25) is 0 Å². The van der Waals surface area contributed by atoms with Crippen molar-refractivity contribution in [3.63, 3.8) is 0 Å². The van der Waals surface area contributed by atoms with Crippen molar-refractivity contribution in [1.29, 1.82) is 0 Å². The minimum Gasteiger partial charge on any atom is -0.441 e. The quantitative estimate of drug-likeness (QED) is 0.711. The van der Waals surface area contributed by atoms with E-state index in [0.717, 1.165) is 12.1 Å². The average molecular weight is 363 g/mol. The van der Waals surface area contributed by atoms with Crippen molar-refractivity contribution in [2.75, 3.05) is 10.6 Å². The normalized spacial score (nSPS) is 12.8. The van der Waals surface area contributed by atoms with Crippen molar-refractivity contribution >= 4 is 28.4 Å². The lowest BCUT2D eigenvalue weighted by Gasteiger charge is -2.15. The fraction of sp³-hybridized carbons (Fsp3) is 0.222. The number of hydrogen-bond acceptors (Lipinski definition) is 4. The summed E-state index contributed by atoms with van der Waals surface area (Å²) in [5.41, 5.74) is 1.52. The lowest BCUT2D eigenvalue weighted by Crippen LogP contribution is -2.31. The minimum absolute atomic E-state index is 0.291. The van der Waals surface area contributed by atoms with Crippen LogP contribution in [0.1, 0.15) is 18.4 Å². The van der Waals surface area contributed by atoms with Crippen LogP contribution in [-0.2, 0) is 11.0 Å². The molecule has 3 rings (SSSR count). The zero-order valence-electron chi connectivity index (χ0n) is 14.0. The number of nitrogens with zero attached hydrogens (tertiary/aromatic N) is 1. The number of carbonyl (C=O) groups excluding carboxylic acids is 1. The van der Waals surface area contributed by atoms with Crippen molar-refractivity contribution in [3.8, 4) is 0 Å². The SMILES string of the molecule is Cc1nc2cc(N[C@@H](C)C(=O)Nc3ccc(C(F)(F)F)cc3)ccc2o1. The van der Waals surface area contributed by atoms with Gasteiger partial charge in [0, 0.05) is 18.3 Å². The zero-order chi connectivity index (χ0) is 18.9. The summed E-state index contributed by atoms with van der Waals surface area (Å²) in [4.78, 5) is 16.5. The molecule has 0 spiro atoms. The number of fused-ring (bicyclic) bond motifs is 1. The Kier molecular flexibility index (Phi) is 4.58. The van der Waals surface area contributed by atoms with Gasteiger partial charge in [0.1, 0.15) is 11.6 Å². The number of benzene rings is 2. The number of anilines is 2. The molecule has 0 aliphatic carbocycles. The Balaban J connectivity index is 1.65. The van der Waals surface area contributed by atoms with E-state index in [1.54, 1.807) is 32.0 Å². The number of oxazole rings is 1. The fourth-order valence-corrected chi connectivity index (χ4v) is 2.44. The van der Waals surface area contributed by atoms with Gasteiger partial charge >= 0.3 is 6.18 Å². The standard InChI is InChI=1S/C18H16F3N3O2/c1-10(22-14-7-8-16-15(9-14)23-11(2)26-16)17(25)24-13-5-3-12(4-6-13)18(19,20)21/h3-10,22H,1-2H3,(H,24,25)/t10-/m0/s1. The smallest absolute Gasteiger partial charge is 0.416 e. The molecule has 0 fully saturated rings. The van der Waals surface area contributed by atoms with Gasteiger partial charge in [-0.1, -0.05) is 0 Å². The summed E-state index contributed by atoms with van der Waals surface area (Å²) in [6, 6.07) is 8.95. The maximum atomic E-state index is 12.6. The van der Waals surface area contributed by atoms with Gasteiger partial charge in [0.05, 0.1) is 5.56 Å². The summed E-state index contributed by atoms with van der Waals surface area (Å²) in [5, 5.41) is 5.60. The van der Waals surface area contributed by atoms with Crippen LogP contribution in [0.3, 0.4) is 0 Å². The predicted octanol–water partition coefficient (Wildman–Crippen LogP) is 4.59. The Morgan fingerprint density at radius 2 is 1.77 bits per heavy atom. The molecule has 0 unspecified atom stereocenters. The van der Waals surface area contributed by atoms with Crippen molar-refractivity contribution < 1.29 is 22.4 Å². The molecule has 0 aliphatic rings. The van der Waals surface area contributed by atoms with Gasteiger partial charge in [-0.15, -0.1) is 0 Å². The first-order chi connectivity index (χ1) is 12.2. The highest BCUT2D eigenvalue weighted by molar-refractivity contribution is 5.96. The van der Waals surface area contributed by atoms with Gasteiger partial charge in [0.25, 0.3) is 0 Å². The van der Waals surface area contributed by atoms with E-state index in [9.17, 15) is 18.0 Å². The lowest BCUT2D eigenvalue weighted by atomic mass is 10.2. The number of halogens is 3. The van der Waals surface area contributed by atoms with Gasteiger partial charge in [0.2, 0.25) is 5.91 Å². The molecule has 2 aromatic carbocycles. The van der Waals surface area contributed by atoms with E-state index in [1.807, 2.05) is 0 Å². The first kappa shape index (κ1) is 17.8. The lowest BCUT2D eigenvalue weighted by molar-refractivity contribution is -0.137. The Morgan fingerprint density at radius 3 is 2.42 bits per heavy atom. The van der Waals surface area contributed by atoms with Gasteiger partial charge in [0.15, 0.2) is 11.5 Å². The first-order valence-corrected chi connectivity index (χ1v) is 7.84. The largest absolute Gasteiger partial charge is 0.441 e. The molecule has 1 amide bonds. The number of alkyl halides is 3. The second-order valence-electron chi connectivity index (χ2n) is 5.85. The number of hydrogen-bond donors (Lipinski definition) is 2. The molecule has 26 heavy (non-hydrogen) atoms. The predicted molar refractivity (Wildman–Crippen MR) is 91.9 cm³/mol. The van der Waals surface area contributed by atoms with E-state index in [2.05, 4.69) is 15.6 Å². The third-order valence-electron chi connectivity index (χ3n) is 3.75. The van der Waals surface area contributed by atoms with E-state index < -0.39 is 17.8 Å². The monoisotopic (exact) mass is 363 g/mol. The highest BCUT2D eigenvalue weighted by Crippen LogP contribution is 2.29. The molecule has 0 bridgehead atoms. The molecule has 0 aliphatic heterocycles. The molecule has 0 saturated carbocycles. The molecule has 3 aromatic rings. The number of aromatic nitrogens is 1. The summed E-state index contributed by atoms with van der Waals surface area (Å²) in [6.07, 6.45) is -4.41. The Hall–Kier alpha value is -3.03. The molecule has 136 valence electrons. The summed E-state index contributed by atoms with van der Waals surface area (Å²) < 4.78 is 43.1. The zero-order valence-corrected chi connectivity index (χ0v) is 14.0. The molecule has 0 radical (unpaired) electrons. The molecular formula is C18H16F3N3O2. The second-order valence-corrected chi connectivity index (χ2v) is 5.85. The van der Waals surface area contributed by atoms with Crippen LogP contribution in [0.5, 0.6) is 0 Å². The molecule has 1 aromatic heterocycles. The van der Waals surface area contributed by atoms with Crippen LogP contribution in [0.4, 0.5) is 24.5 Å². The van der Waals surface area contributed by atoms with E-state index >= 15 is 0 Å². The molecular weight excluding hydrogens is 347 g/mol. The molecule has 8 heteroatoms. The van der Waals surface area contributed by atoms with Crippen LogP contribution in [0.25, 0.3) is 11.1 Å². The third kappa shape index (κ3) is 3.96. The third-order valence-corrected chi connectivity index (χ3v) is 3.75. The van der Waals surface area contributed by atoms with E-state index in [0.29, 0.717) is 28.4 Å². The Labute approximate surface area is 147 Å². The molecule has 2 N–H and O–H groups in total. The molecule has 5 nitrogen and oxygen atoms in total. The highest BCUT2D eigenvalue weighted by atomic mass is 19.4. The Bertz CT molecular complexity index is 933. The number of amides is 1. The highest BCUT2D eigenvalue weighted by Gasteiger charge is 2.30. The first-order valence-electron chi connectivity index (χ1n) is 7.84. The molecule has 0 saturated heterocycles. The average Bonchev–Trinajstić information content (AvgIpc) is 2.93. The minimum atomic E-state index is -4.41. The van der Waals surface area contributed by atoms with E-state index in [-0.39, 0.29) is 5.91 Å². The summed E-state index contributed by atoms with van der Waals surface area (Å²) >= 11 is 0. The Morgan fingerprint density at radius 1 is 1.12 bits per heavy atom. The fourth-order valence-electron chi connectivity index (χ4n) is 2.44. The van der Waals surface area contributed by atoms with E-state index in [4.69, 9.17) is 4.42 Å². The molecule has 1 heterocycles. The summed E-state index contributed by atoms with van der Waals surface area (Å²) in [5.74, 6) is 0.173. The van der Waals surface area contributed by atoms with Gasteiger partial charge < -0.3 is 15.1 Å². The van der Waals surface area contributed by atoms with Gasteiger partial charge in [-0.05, 0) is 49.4 Å². The number of aryl methyl sites for hydroxylation is 1. The topological polar surface area (TPSA) is 67.2 Å². The van der Waals surface area contributed by atoms with Crippen LogP contribution in [0.15, 0.2) is 46.9 Å². The molecule has 1 atom stereocenters. The second kappa shape index (κ2) is 6.70. The van der Waals surface area contributed by atoms with Crippen molar-refractivity contribution in [3.05, 3.63) is 53.9 Å². The van der Waals surface area contributed by atoms with E-state index in [1.165, 1.54) is 12.1 Å². The summed E-state index contributed by atoms with van der Waals surface area (Å²) in [6.45, 7) is 3.39. The van der Waals surface area contributed by atoms with Crippen LogP contribution < -0.4 is 10.6 Å². The van der Waals surface area contributed by atoms with Gasteiger partial charge in [-0.2, -0.15) is 13.2 Å². The number of carbonyl (C=O) groups is 1. The summed E-state index contributed by atoms with van der Waals surface area (Å²) in [7, 11) is 0. The van der Waals surface area contributed by atoms with Gasteiger partial charge in [-0.25, -0.2) is 4.98 Å². The van der Waals surface area contributed by atoms with Crippen LogP contribution >= 0.6 is 0 Å². The van der Waals surface area contributed by atoms with Crippen molar-refractivity contribution in [2.45, 2.75) is 26.1 Å². The number of nitrogens with one attached hydrogen (secondary N) is 2. The maximum Gasteiger partial charge on any atom is 0.416 e. The van der Waals surface area contributed by atoms with Crippen molar-refractivity contribution in [2.24, 2.45) is 0 Å².